The summed E-state index contributed by atoms with van der Waals surface area (Å²) in [6, 6.07) is 7.91. The highest BCUT2D eigenvalue weighted by atomic mass is 19.4. The Kier molecular flexibility index (Phi) is 6.60. The summed E-state index contributed by atoms with van der Waals surface area (Å²) in [5.41, 5.74) is 2.10. The molecule has 0 bridgehead atoms. The second-order valence-corrected chi connectivity index (χ2v) is 11.4. The van der Waals surface area contributed by atoms with Gasteiger partial charge in [-0.1, -0.05) is 37.5 Å². The molecule has 0 spiro atoms. The average Bonchev–Trinajstić information content (AvgIpc) is 3.19. The molecule has 0 saturated heterocycles. The van der Waals surface area contributed by atoms with Gasteiger partial charge in [0.2, 0.25) is 0 Å². The largest absolute Gasteiger partial charge is 0.457 e. The number of hydrogen-bond acceptors (Lipinski definition) is 3. The highest BCUT2D eigenvalue weighted by Gasteiger charge is 2.65. The Labute approximate surface area is 221 Å². The summed E-state index contributed by atoms with van der Waals surface area (Å²) in [6.07, 6.45) is -2.29. The van der Waals surface area contributed by atoms with Gasteiger partial charge >= 0.3 is 6.18 Å². The van der Waals surface area contributed by atoms with Gasteiger partial charge in [-0.2, -0.15) is 13.2 Å². The van der Waals surface area contributed by atoms with Crippen LogP contribution in [-0.2, 0) is 9.59 Å². The van der Waals surface area contributed by atoms with Crippen molar-refractivity contribution >= 4 is 17.3 Å². The van der Waals surface area contributed by atoms with Gasteiger partial charge in [-0.15, -0.1) is 0 Å². The van der Waals surface area contributed by atoms with Gasteiger partial charge in [0, 0.05) is 37.4 Å². The Hall–Kier alpha value is -2.88. The lowest BCUT2D eigenvalue weighted by Crippen LogP contribution is -2.51. The van der Waals surface area contributed by atoms with Crippen molar-refractivity contribution in [3.05, 3.63) is 52.6 Å². The fourth-order valence-electron chi connectivity index (χ4n) is 8.06. The summed E-state index contributed by atoms with van der Waals surface area (Å²) in [6.45, 7) is 3.59. The monoisotopic (exact) mass is 527 g/mol. The number of carbonyl (C=O) groups excluding carboxylic acids is 2. The molecule has 7 heteroatoms. The zero-order valence-corrected chi connectivity index (χ0v) is 22.0. The van der Waals surface area contributed by atoms with Gasteiger partial charge in [-0.3, -0.25) is 9.59 Å². The minimum Gasteiger partial charge on any atom is -0.388 e. The molecule has 1 N–H and O–H groups in total. The maximum atomic E-state index is 15.7. The molecule has 202 valence electrons. The van der Waals surface area contributed by atoms with Crippen molar-refractivity contribution in [1.29, 1.82) is 0 Å². The van der Waals surface area contributed by atoms with Crippen molar-refractivity contribution < 1.29 is 27.2 Å². The van der Waals surface area contributed by atoms with Gasteiger partial charge in [0.05, 0.1) is 5.41 Å². The van der Waals surface area contributed by atoms with Crippen molar-refractivity contribution in [3.8, 4) is 11.8 Å². The number of hydrogen-bond donors (Lipinski definition) is 1. The van der Waals surface area contributed by atoms with Crippen LogP contribution in [0.1, 0.15) is 70.3 Å². The number of rotatable bonds is 4. The summed E-state index contributed by atoms with van der Waals surface area (Å²) in [7, 11) is 1.82. The van der Waals surface area contributed by atoms with E-state index in [4.69, 9.17) is 0 Å². The fraction of sp³-hybridized carbons (Fsp3) is 0.548. The van der Waals surface area contributed by atoms with Crippen LogP contribution in [0.4, 0.5) is 23.2 Å². The zero-order chi connectivity index (χ0) is 27.5. The van der Waals surface area contributed by atoms with Crippen LogP contribution in [0.3, 0.4) is 0 Å². The first-order valence-electron chi connectivity index (χ1n) is 13.5. The number of carbonyl (C=O) groups is 2. The predicted octanol–water partition coefficient (Wildman–Crippen LogP) is 7.11. The maximum absolute atomic E-state index is 15.7. The first kappa shape index (κ1) is 26.7. The summed E-state index contributed by atoms with van der Waals surface area (Å²) in [4.78, 5) is 25.7. The van der Waals surface area contributed by atoms with Crippen molar-refractivity contribution in [1.82, 2.24) is 0 Å². The SMILES string of the molecule is CCC(=O)[C@@]1(C#CC(F)(F)F)CC[C@H]2[C@@H]3CC(F)C4=CC(=O)CCC4=C3[C@@H](c3ccc(NC)cc3)C[C@@]21C. The van der Waals surface area contributed by atoms with E-state index in [9.17, 15) is 22.8 Å². The van der Waals surface area contributed by atoms with Crippen molar-refractivity contribution in [2.45, 2.75) is 77.1 Å². The molecule has 1 aromatic rings. The fourth-order valence-corrected chi connectivity index (χ4v) is 8.06. The molecule has 1 unspecified atom stereocenters. The highest BCUT2D eigenvalue weighted by Crippen LogP contribution is 2.70. The number of ketones is 2. The molecule has 3 nitrogen and oxygen atoms in total. The van der Waals surface area contributed by atoms with E-state index < -0.39 is 23.2 Å². The topological polar surface area (TPSA) is 46.2 Å². The summed E-state index contributed by atoms with van der Waals surface area (Å²) >= 11 is 0. The van der Waals surface area contributed by atoms with E-state index in [1.54, 1.807) is 6.92 Å². The molecular weight excluding hydrogens is 494 g/mol. The third kappa shape index (κ3) is 4.12. The van der Waals surface area contributed by atoms with E-state index >= 15 is 4.39 Å². The number of benzene rings is 1. The van der Waals surface area contributed by atoms with Gasteiger partial charge in [-0.05, 0) is 84.3 Å². The van der Waals surface area contributed by atoms with Gasteiger partial charge in [-0.25, -0.2) is 4.39 Å². The molecular formula is C31H33F4NO2. The number of Topliss-reactive ketones (excluding diaryl/α,β-unsaturated/α-hetero) is 1. The Balaban J connectivity index is 1.73. The number of halogens is 4. The van der Waals surface area contributed by atoms with Crippen LogP contribution in [0.25, 0.3) is 0 Å². The van der Waals surface area contributed by atoms with Crippen LogP contribution in [0.2, 0.25) is 0 Å². The third-order valence-electron chi connectivity index (χ3n) is 9.76. The summed E-state index contributed by atoms with van der Waals surface area (Å²) in [5, 5.41) is 3.10. The summed E-state index contributed by atoms with van der Waals surface area (Å²) < 4.78 is 55.8. The van der Waals surface area contributed by atoms with Crippen LogP contribution in [-0.4, -0.2) is 31.0 Å². The Morgan fingerprint density at radius 3 is 2.53 bits per heavy atom. The minimum absolute atomic E-state index is 0.0723. The van der Waals surface area contributed by atoms with E-state index in [0.717, 1.165) is 22.4 Å². The molecule has 2 saturated carbocycles. The standard InChI is InChI=1S/C31H33F4NO2/c1-4-27(38)30(13-14-31(33,34)35)12-11-25-23-16-26(32)22-15-20(37)9-10-21(22)28(23)24(17-29(25,30)2)18-5-7-19(36-3)8-6-18/h5-8,15,23-26,36H,4,9-12,16-17H2,1-3H3/t23-,24+,25-,26?,29-,30-/m0/s1. The third-order valence-corrected chi connectivity index (χ3v) is 9.76. The quantitative estimate of drug-likeness (QED) is 0.335. The van der Waals surface area contributed by atoms with Gasteiger partial charge in [0.1, 0.15) is 6.17 Å². The minimum atomic E-state index is -4.71. The lowest BCUT2D eigenvalue weighted by Gasteiger charge is -2.55. The number of fused-ring (bicyclic) bond motifs is 4. The molecule has 0 aliphatic heterocycles. The second-order valence-electron chi connectivity index (χ2n) is 11.4. The molecule has 38 heavy (non-hydrogen) atoms. The van der Waals surface area contributed by atoms with E-state index in [0.29, 0.717) is 31.3 Å². The van der Waals surface area contributed by atoms with E-state index in [2.05, 4.69) is 11.2 Å². The molecule has 6 atom stereocenters. The molecule has 4 aliphatic carbocycles. The van der Waals surface area contributed by atoms with Gasteiger partial charge in [0.15, 0.2) is 11.6 Å². The van der Waals surface area contributed by atoms with Crippen molar-refractivity contribution in [2.24, 2.45) is 22.7 Å². The van der Waals surface area contributed by atoms with Gasteiger partial charge < -0.3 is 5.32 Å². The molecule has 0 heterocycles. The van der Waals surface area contributed by atoms with Crippen LogP contribution in [0.5, 0.6) is 0 Å². The lowest BCUT2D eigenvalue weighted by molar-refractivity contribution is -0.132. The van der Waals surface area contributed by atoms with Crippen molar-refractivity contribution in [2.75, 3.05) is 12.4 Å². The van der Waals surface area contributed by atoms with Crippen LogP contribution in [0.15, 0.2) is 47.1 Å². The first-order chi connectivity index (χ1) is 17.9. The molecule has 2 fully saturated rings. The molecule has 0 aromatic heterocycles. The molecule has 0 radical (unpaired) electrons. The Morgan fingerprint density at radius 1 is 1.18 bits per heavy atom. The Bertz CT molecular complexity index is 1280. The first-order valence-corrected chi connectivity index (χ1v) is 13.5. The number of anilines is 1. The van der Waals surface area contributed by atoms with E-state index in [-0.39, 0.29) is 48.6 Å². The van der Waals surface area contributed by atoms with Crippen molar-refractivity contribution in [3.63, 3.8) is 0 Å². The molecule has 0 amide bonds. The predicted molar refractivity (Wildman–Crippen MR) is 138 cm³/mol. The second kappa shape index (κ2) is 9.39. The Morgan fingerprint density at radius 2 is 1.89 bits per heavy atom. The normalized spacial score (nSPS) is 34.4. The molecule has 5 rings (SSSR count). The van der Waals surface area contributed by atoms with Gasteiger partial charge in [0.25, 0.3) is 0 Å². The highest BCUT2D eigenvalue weighted by molar-refractivity contribution is 5.93. The van der Waals surface area contributed by atoms with Crippen LogP contribution in [0, 0.1) is 34.5 Å². The lowest BCUT2D eigenvalue weighted by atomic mass is 9.48. The maximum Gasteiger partial charge on any atom is 0.457 e. The molecule has 1 aromatic carbocycles. The molecule has 4 aliphatic rings. The number of nitrogens with one attached hydrogen (secondary N) is 1. The van der Waals surface area contributed by atoms with E-state index in [1.165, 1.54) is 12.0 Å². The summed E-state index contributed by atoms with van der Waals surface area (Å²) in [5.74, 6) is 3.01. The number of allylic oxidation sites excluding steroid dienone is 4. The smallest absolute Gasteiger partial charge is 0.388 e. The number of alkyl halides is 4. The zero-order valence-electron chi connectivity index (χ0n) is 22.0. The van der Waals surface area contributed by atoms with Crippen LogP contribution < -0.4 is 5.32 Å². The average molecular weight is 528 g/mol. The van der Waals surface area contributed by atoms with Crippen LogP contribution >= 0.6 is 0 Å². The van der Waals surface area contributed by atoms with E-state index in [1.807, 2.05) is 38.2 Å².